The highest BCUT2D eigenvalue weighted by Gasteiger charge is 2.74. The monoisotopic (exact) mass is 256 g/mol. The van der Waals surface area contributed by atoms with Crippen LogP contribution in [0.3, 0.4) is 0 Å². The van der Waals surface area contributed by atoms with Crippen LogP contribution in [-0.4, -0.2) is 5.67 Å². The molecule has 0 nitrogen and oxygen atoms in total. The number of rotatable bonds is 0. The molecular formula is C17H33F. The minimum Gasteiger partial charge on any atom is -0.243 e. The van der Waals surface area contributed by atoms with Gasteiger partial charge >= 0.3 is 0 Å². The van der Waals surface area contributed by atoms with Gasteiger partial charge in [0.25, 0.3) is 0 Å². The van der Waals surface area contributed by atoms with Gasteiger partial charge in [-0.3, -0.25) is 0 Å². The third kappa shape index (κ3) is 1.22. The van der Waals surface area contributed by atoms with Crippen LogP contribution in [0.4, 0.5) is 4.39 Å². The summed E-state index contributed by atoms with van der Waals surface area (Å²) in [5.74, 6) is 0. The van der Waals surface area contributed by atoms with Gasteiger partial charge in [0.15, 0.2) is 0 Å². The lowest BCUT2D eigenvalue weighted by atomic mass is 9.31. The van der Waals surface area contributed by atoms with Crippen molar-refractivity contribution >= 4 is 0 Å². The van der Waals surface area contributed by atoms with E-state index in [4.69, 9.17) is 0 Å². The Labute approximate surface area is 114 Å². The molecule has 108 valence electrons. The molecule has 0 aromatic rings. The molecule has 1 saturated carbocycles. The van der Waals surface area contributed by atoms with Crippen molar-refractivity contribution in [2.45, 2.75) is 81.8 Å². The van der Waals surface area contributed by atoms with Crippen LogP contribution in [0.15, 0.2) is 0 Å². The van der Waals surface area contributed by atoms with Gasteiger partial charge in [0.2, 0.25) is 0 Å². The van der Waals surface area contributed by atoms with Crippen molar-refractivity contribution in [2.24, 2.45) is 27.1 Å². The van der Waals surface area contributed by atoms with E-state index in [0.29, 0.717) is 0 Å². The van der Waals surface area contributed by atoms with Gasteiger partial charge in [-0.1, -0.05) is 69.2 Å². The molecule has 0 radical (unpaired) electrons. The van der Waals surface area contributed by atoms with Gasteiger partial charge in [0, 0.05) is 10.8 Å². The lowest BCUT2D eigenvalue weighted by Gasteiger charge is -2.74. The maximum absolute atomic E-state index is 15.8. The summed E-state index contributed by atoms with van der Waals surface area (Å²) in [6, 6.07) is 0. The van der Waals surface area contributed by atoms with Gasteiger partial charge < -0.3 is 0 Å². The summed E-state index contributed by atoms with van der Waals surface area (Å²) in [5, 5.41) is 0. The second kappa shape index (κ2) is 3.33. The first-order chi connectivity index (χ1) is 7.50. The van der Waals surface area contributed by atoms with E-state index in [9.17, 15) is 0 Å². The lowest BCUT2D eigenvalue weighted by molar-refractivity contribution is -0.291. The van der Waals surface area contributed by atoms with Crippen molar-refractivity contribution in [2.75, 3.05) is 0 Å². The second-order valence-corrected chi connectivity index (χ2v) is 9.13. The summed E-state index contributed by atoms with van der Waals surface area (Å²) in [6.45, 7) is 23.8. The molecule has 0 aromatic heterocycles. The van der Waals surface area contributed by atoms with Crippen molar-refractivity contribution < 1.29 is 4.39 Å². The Bertz CT molecular complexity index is 237. The summed E-state index contributed by atoms with van der Waals surface area (Å²) >= 11 is 0. The number of alkyl halides is 1. The third-order valence-corrected chi connectivity index (χ3v) is 8.60. The Balaban J connectivity index is 3.72. The van der Waals surface area contributed by atoms with Crippen molar-refractivity contribution in [3.8, 4) is 0 Å². The number of halogens is 1. The molecule has 1 heteroatoms. The Hall–Kier alpha value is -0.0700. The van der Waals surface area contributed by atoms with E-state index in [1.54, 1.807) is 0 Å². The van der Waals surface area contributed by atoms with Crippen molar-refractivity contribution in [1.29, 1.82) is 0 Å². The first kappa shape index (κ1) is 16.0. The molecule has 0 spiro atoms. The molecule has 0 aliphatic heterocycles. The van der Waals surface area contributed by atoms with Crippen LogP contribution < -0.4 is 0 Å². The highest BCUT2D eigenvalue weighted by molar-refractivity contribution is 5.21. The number of hydrogen-bond acceptors (Lipinski definition) is 0. The zero-order valence-electron chi connectivity index (χ0n) is 14.4. The third-order valence-electron chi connectivity index (χ3n) is 8.60. The van der Waals surface area contributed by atoms with Crippen LogP contribution in [0.5, 0.6) is 0 Å². The average molecular weight is 256 g/mol. The Kier molecular flexibility index (Phi) is 2.96. The first-order valence-electron chi connectivity index (χ1n) is 7.19. The molecule has 0 atom stereocenters. The molecule has 0 aromatic carbocycles. The van der Waals surface area contributed by atoms with Crippen LogP contribution in [0.25, 0.3) is 0 Å². The molecule has 0 amide bonds. The molecule has 0 heterocycles. The Morgan fingerprint density at radius 1 is 0.389 bits per heavy atom. The van der Waals surface area contributed by atoms with Crippen LogP contribution in [0.1, 0.15) is 76.2 Å². The highest BCUT2D eigenvalue weighted by Crippen LogP contribution is 2.76. The van der Waals surface area contributed by atoms with Crippen molar-refractivity contribution in [1.82, 2.24) is 0 Å². The van der Waals surface area contributed by atoms with Crippen LogP contribution in [-0.2, 0) is 0 Å². The highest BCUT2D eigenvalue weighted by atomic mass is 19.1. The molecule has 1 fully saturated rings. The predicted octanol–water partition coefficient (Wildman–Crippen LogP) is 5.86. The smallest absolute Gasteiger partial charge is 0.119 e. The molecule has 0 N–H and O–H groups in total. The van der Waals surface area contributed by atoms with E-state index < -0.39 is 5.67 Å². The maximum atomic E-state index is 15.8. The van der Waals surface area contributed by atoms with Gasteiger partial charge in [-0.2, -0.15) is 0 Å². The summed E-state index contributed by atoms with van der Waals surface area (Å²) in [7, 11) is 0. The molecule has 0 saturated heterocycles. The molecule has 0 unspecified atom stereocenters. The van der Waals surface area contributed by atoms with Crippen molar-refractivity contribution in [3.05, 3.63) is 0 Å². The quantitative estimate of drug-likeness (QED) is 0.509. The molecular weight excluding hydrogens is 223 g/mol. The molecule has 18 heavy (non-hydrogen) atoms. The van der Waals surface area contributed by atoms with E-state index in [-0.39, 0.29) is 27.1 Å². The van der Waals surface area contributed by atoms with Gasteiger partial charge in [-0.15, -0.1) is 0 Å². The standard InChI is InChI=1S/C17H33F/c1-12(2)13(3,4)15(7,8)17(11,18)16(9,10)14(12,5)6/h1-11H3. The predicted molar refractivity (Wildman–Crippen MR) is 78.4 cm³/mol. The fourth-order valence-electron chi connectivity index (χ4n) is 4.30. The van der Waals surface area contributed by atoms with Crippen molar-refractivity contribution in [3.63, 3.8) is 0 Å². The lowest BCUT2D eigenvalue weighted by Crippen LogP contribution is -2.73. The fourth-order valence-corrected chi connectivity index (χ4v) is 4.30. The normalized spacial score (nSPS) is 34.0. The average Bonchev–Trinajstić information content (AvgIpc) is 2.14. The molecule has 1 aliphatic carbocycles. The molecule has 0 bridgehead atoms. The number of hydrogen-bond donors (Lipinski definition) is 0. The summed E-state index contributed by atoms with van der Waals surface area (Å²) in [6.07, 6.45) is 0. The second-order valence-electron chi connectivity index (χ2n) is 9.13. The first-order valence-corrected chi connectivity index (χ1v) is 7.19. The molecule has 1 aliphatic rings. The fraction of sp³-hybridized carbons (Fsp3) is 1.00. The molecule has 1 rings (SSSR count). The topological polar surface area (TPSA) is 0 Å². The Morgan fingerprint density at radius 3 is 0.778 bits per heavy atom. The SMILES string of the molecule is CC1(C)C(C)(C)C(C)(C)C(C)(F)C(C)(C)C1(C)C. The van der Waals surface area contributed by atoms with Gasteiger partial charge in [0.05, 0.1) is 0 Å². The summed E-state index contributed by atoms with van der Waals surface area (Å²) in [4.78, 5) is 0. The van der Waals surface area contributed by atoms with E-state index in [1.165, 1.54) is 0 Å². The van der Waals surface area contributed by atoms with Gasteiger partial charge in [-0.05, 0) is 23.2 Å². The van der Waals surface area contributed by atoms with Crippen LogP contribution in [0.2, 0.25) is 0 Å². The van der Waals surface area contributed by atoms with E-state index in [1.807, 2.05) is 6.92 Å². The minimum absolute atomic E-state index is 0.0542. The zero-order chi connectivity index (χ0) is 15.0. The minimum atomic E-state index is -1.21. The van der Waals surface area contributed by atoms with Gasteiger partial charge in [0.1, 0.15) is 5.67 Å². The largest absolute Gasteiger partial charge is 0.243 e. The maximum Gasteiger partial charge on any atom is 0.119 e. The van der Waals surface area contributed by atoms with E-state index in [2.05, 4.69) is 69.2 Å². The van der Waals surface area contributed by atoms with Gasteiger partial charge in [-0.25, -0.2) is 4.39 Å². The van der Waals surface area contributed by atoms with E-state index >= 15 is 4.39 Å². The zero-order valence-corrected chi connectivity index (χ0v) is 14.4. The van der Waals surface area contributed by atoms with Crippen LogP contribution >= 0.6 is 0 Å². The van der Waals surface area contributed by atoms with E-state index in [0.717, 1.165) is 0 Å². The van der Waals surface area contributed by atoms with Crippen LogP contribution in [0, 0.1) is 27.1 Å². The Morgan fingerprint density at radius 2 is 0.556 bits per heavy atom. The summed E-state index contributed by atoms with van der Waals surface area (Å²) < 4.78 is 15.8. The summed E-state index contributed by atoms with van der Waals surface area (Å²) in [5.41, 5.74) is -2.06.